The molecule has 1 saturated heterocycles. The van der Waals surface area contributed by atoms with E-state index in [0.717, 1.165) is 5.39 Å². The zero-order chi connectivity index (χ0) is 16.4. The Kier molecular flexibility index (Phi) is 4.54. The van der Waals surface area contributed by atoms with Gasteiger partial charge in [-0.15, -0.1) is 0 Å². The molecule has 1 N–H and O–H groups in total. The number of hydrogen-bond donors (Lipinski definition) is 1. The zero-order valence-electron chi connectivity index (χ0n) is 12.7. The average molecular weight is 337 g/mol. The van der Waals surface area contributed by atoms with Crippen molar-refractivity contribution in [1.82, 2.24) is 10.2 Å². The molecule has 1 aliphatic heterocycles. The summed E-state index contributed by atoms with van der Waals surface area (Å²) in [5, 5.41) is 3.99. The van der Waals surface area contributed by atoms with Crippen LogP contribution in [0.25, 0.3) is 11.0 Å². The Morgan fingerprint density at radius 3 is 2.74 bits per heavy atom. The van der Waals surface area contributed by atoms with Crippen LogP contribution in [-0.2, 0) is 9.53 Å². The van der Waals surface area contributed by atoms with Gasteiger partial charge in [0.2, 0.25) is 5.91 Å². The van der Waals surface area contributed by atoms with Crippen molar-refractivity contribution < 1.29 is 18.7 Å². The van der Waals surface area contributed by atoms with E-state index in [1.807, 2.05) is 0 Å². The molecule has 0 bridgehead atoms. The largest absolute Gasteiger partial charge is 0.451 e. The number of hydrogen-bond acceptors (Lipinski definition) is 4. The maximum atomic E-state index is 12.3. The number of fused-ring (bicyclic) bond motifs is 1. The minimum Gasteiger partial charge on any atom is -0.451 e. The number of benzene rings is 1. The second-order valence-electron chi connectivity index (χ2n) is 5.43. The van der Waals surface area contributed by atoms with E-state index < -0.39 is 11.9 Å². The predicted molar refractivity (Wildman–Crippen MR) is 85.6 cm³/mol. The highest BCUT2D eigenvalue weighted by molar-refractivity contribution is 6.31. The van der Waals surface area contributed by atoms with E-state index in [0.29, 0.717) is 36.9 Å². The second kappa shape index (κ2) is 6.60. The zero-order valence-corrected chi connectivity index (χ0v) is 13.4. The molecule has 23 heavy (non-hydrogen) atoms. The Hall–Kier alpha value is -2.05. The highest BCUT2D eigenvalue weighted by Crippen LogP contribution is 2.23. The Morgan fingerprint density at radius 2 is 2.00 bits per heavy atom. The third-order valence-corrected chi connectivity index (χ3v) is 3.98. The van der Waals surface area contributed by atoms with Gasteiger partial charge < -0.3 is 19.4 Å². The van der Waals surface area contributed by atoms with Gasteiger partial charge in [-0.1, -0.05) is 11.6 Å². The molecule has 1 aromatic carbocycles. The lowest BCUT2D eigenvalue weighted by molar-refractivity contribution is -0.136. The molecule has 122 valence electrons. The van der Waals surface area contributed by atoms with Crippen molar-refractivity contribution in [3.8, 4) is 0 Å². The van der Waals surface area contributed by atoms with Crippen LogP contribution in [0.5, 0.6) is 0 Å². The van der Waals surface area contributed by atoms with Crippen LogP contribution in [0.3, 0.4) is 0 Å². The first-order chi connectivity index (χ1) is 11.0. The Labute approximate surface area is 138 Å². The van der Waals surface area contributed by atoms with Crippen LogP contribution in [0, 0.1) is 0 Å². The van der Waals surface area contributed by atoms with Crippen LogP contribution in [0.4, 0.5) is 0 Å². The van der Waals surface area contributed by atoms with Crippen molar-refractivity contribution in [3.05, 3.63) is 35.0 Å². The Morgan fingerprint density at radius 1 is 1.26 bits per heavy atom. The quantitative estimate of drug-likeness (QED) is 0.931. The molecule has 7 heteroatoms. The standard InChI is InChI=1S/C16H17ClN2O4/c1-10(16(21)19-4-6-22-7-5-19)18-15(20)14-9-11-8-12(17)2-3-13(11)23-14/h2-3,8-10H,4-7H2,1H3,(H,18,20). The fraction of sp³-hybridized carbons (Fsp3) is 0.375. The molecule has 1 atom stereocenters. The molecular weight excluding hydrogens is 320 g/mol. The van der Waals surface area contributed by atoms with Crippen molar-refractivity contribution in [2.24, 2.45) is 0 Å². The molecular formula is C16H17ClN2O4. The average Bonchev–Trinajstić information content (AvgIpc) is 2.98. The lowest BCUT2D eigenvalue weighted by Gasteiger charge is -2.29. The SMILES string of the molecule is CC(NC(=O)c1cc2cc(Cl)ccc2o1)C(=O)N1CCOCC1. The van der Waals surface area contributed by atoms with Gasteiger partial charge in [0, 0.05) is 23.5 Å². The van der Waals surface area contributed by atoms with Gasteiger partial charge in [0.15, 0.2) is 5.76 Å². The van der Waals surface area contributed by atoms with Crippen LogP contribution >= 0.6 is 11.6 Å². The van der Waals surface area contributed by atoms with E-state index in [1.54, 1.807) is 36.1 Å². The van der Waals surface area contributed by atoms with E-state index in [9.17, 15) is 9.59 Å². The first-order valence-electron chi connectivity index (χ1n) is 7.41. The van der Waals surface area contributed by atoms with Gasteiger partial charge in [0.25, 0.3) is 5.91 Å². The summed E-state index contributed by atoms with van der Waals surface area (Å²) < 4.78 is 10.7. The van der Waals surface area contributed by atoms with Gasteiger partial charge in [-0.3, -0.25) is 9.59 Å². The summed E-state index contributed by atoms with van der Waals surface area (Å²) in [7, 11) is 0. The van der Waals surface area contributed by atoms with Gasteiger partial charge in [-0.05, 0) is 31.2 Å². The number of carbonyl (C=O) groups excluding carboxylic acids is 2. The summed E-state index contributed by atoms with van der Waals surface area (Å²) in [5.74, 6) is -0.392. The second-order valence-corrected chi connectivity index (χ2v) is 5.86. The molecule has 2 heterocycles. The summed E-state index contributed by atoms with van der Waals surface area (Å²) in [4.78, 5) is 26.2. The number of morpholine rings is 1. The topological polar surface area (TPSA) is 71.8 Å². The monoisotopic (exact) mass is 336 g/mol. The van der Waals surface area contributed by atoms with E-state index in [2.05, 4.69) is 5.32 Å². The minimum absolute atomic E-state index is 0.124. The van der Waals surface area contributed by atoms with Gasteiger partial charge in [0.1, 0.15) is 11.6 Å². The first-order valence-corrected chi connectivity index (χ1v) is 7.79. The molecule has 0 aliphatic carbocycles. The third kappa shape index (κ3) is 3.48. The normalized spacial score (nSPS) is 16.3. The van der Waals surface area contributed by atoms with Gasteiger partial charge in [0.05, 0.1) is 13.2 Å². The Balaban J connectivity index is 1.68. The number of halogens is 1. The summed E-state index contributed by atoms with van der Waals surface area (Å²) in [6.45, 7) is 3.80. The smallest absolute Gasteiger partial charge is 0.287 e. The summed E-state index contributed by atoms with van der Waals surface area (Å²) >= 11 is 5.92. The van der Waals surface area contributed by atoms with E-state index in [4.69, 9.17) is 20.8 Å². The molecule has 0 spiro atoms. The molecule has 1 aliphatic rings. The van der Waals surface area contributed by atoms with Crippen molar-refractivity contribution in [2.45, 2.75) is 13.0 Å². The Bertz CT molecular complexity index is 737. The minimum atomic E-state index is -0.627. The lowest BCUT2D eigenvalue weighted by Crippen LogP contribution is -2.50. The number of amides is 2. The fourth-order valence-electron chi connectivity index (χ4n) is 2.51. The van der Waals surface area contributed by atoms with Crippen LogP contribution in [0.1, 0.15) is 17.5 Å². The summed E-state index contributed by atoms with van der Waals surface area (Å²) in [5.41, 5.74) is 0.576. The van der Waals surface area contributed by atoms with E-state index >= 15 is 0 Å². The number of carbonyl (C=O) groups is 2. The maximum absolute atomic E-state index is 12.3. The van der Waals surface area contributed by atoms with Crippen molar-refractivity contribution in [2.75, 3.05) is 26.3 Å². The molecule has 0 saturated carbocycles. The predicted octanol–water partition coefficient (Wildman–Crippen LogP) is 2.06. The molecule has 2 amide bonds. The van der Waals surface area contributed by atoms with Crippen molar-refractivity contribution >= 4 is 34.4 Å². The molecule has 2 aromatic rings. The van der Waals surface area contributed by atoms with Crippen LogP contribution in [-0.4, -0.2) is 49.1 Å². The fourth-order valence-corrected chi connectivity index (χ4v) is 2.69. The maximum Gasteiger partial charge on any atom is 0.287 e. The highest BCUT2D eigenvalue weighted by atomic mass is 35.5. The number of nitrogens with one attached hydrogen (secondary N) is 1. The van der Waals surface area contributed by atoms with E-state index in [-0.39, 0.29) is 11.7 Å². The van der Waals surface area contributed by atoms with Crippen LogP contribution in [0.2, 0.25) is 5.02 Å². The summed E-state index contributed by atoms with van der Waals surface area (Å²) in [6, 6.07) is 6.11. The van der Waals surface area contributed by atoms with Crippen LogP contribution in [0.15, 0.2) is 28.7 Å². The van der Waals surface area contributed by atoms with E-state index in [1.165, 1.54) is 0 Å². The molecule has 6 nitrogen and oxygen atoms in total. The van der Waals surface area contributed by atoms with Gasteiger partial charge in [-0.25, -0.2) is 0 Å². The molecule has 1 aromatic heterocycles. The third-order valence-electron chi connectivity index (χ3n) is 3.74. The van der Waals surface area contributed by atoms with Crippen molar-refractivity contribution in [1.29, 1.82) is 0 Å². The van der Waals surface area contributed by atoms with Gasteiger partial charge in [-0.2, -0.15) is 0 Å². The van der Waals surface area contributed by atoms with Crippen molar-refractivity contribution in [3.63, 3.8) is 0 Å². The molecule has 1 unspecified atom stereocenters. The summed E-state index contributed by atoms with van der Waals surface area (Å²) in [6.07, 6.45) is 0. The van der Waals surface area contributed by atoms with Gasteiger partial charge >= 0.3 is 0 Å². The number of ether oxygens (including phenoxy) is 1. The lowest BCUT2D eigenvalue weighted by atomic mass is 10.2. The molecule has 0 radical (unpaired) electrons. The number of furan rings is 1. The number of rotatable bonds is 3. The molecule has 3 rings (SSSR count). The highest BCUT2D eigenvalue weighted by Gasteiger charge is 2.25. The molecule has 1 fully saturated rings. The van der Waals surface area contributed by atoms with Crippen LogP contribution < -0.4 is 5.32 Å². The first kappa shape index (κ1) is 15.8. The number of nitrogens with zero attached hydrogens (tertiary/aromatic N) is 1.